The Morgan fingerprint density at radius 3 is 2.70 bits per heavy atom. The molecule has 1 amide bonds. The molecule has 0 radical (unpaired) electrons. The molecule has 7 heteroatoms. The number of piperidine rings is 1. The van der Waals surface area contributed by atoms with Crippen molar-refractivity contribution in [3.63, 3.8) is 0 Å². The number of nitrogens with zero attached hydrogens (tertiary/aromatic N) is 5. The van der Waals surface area contributed by atoms with E-state index in [1.54, 1.807) is 6.20 Å². The maximum Gasteiger partial charge on any atom is 0.226 e. The van der Waals surface area contributed by atoms with Crippen molar-refractivity contribution in [2.45, 2.75) is 32.4 Å². The molecule has 4 heterocycles. The molecule has 1 saturated heterocycles. The standard InChI is InChI=1S/C23H28N6O/c1-27-12-7-18(8-13-27)23(30)28-14-9-20-19(16-28)21(22-24-10-11-25-22)26-29(20)15-17-5-3-2-4-6-17/h2-6,10-11,18H,7-9,12-16H2,1H3,(H,24,25). The van der Waals surface area contributed by atoms with Crippen molar-refractivity contribution in [2.24, 2.45) is 5.92 Å². The number of H-pyrrole nitrogens is 1. The molecule has 0 atom stereocenters. The van der Waals surface area contributed by atoms with E-state index >= 15 is 0 Å². The lowest BCUT2D eigenvalue weighted by Crippen LogP contribution is -2.43. The first-order chi connectivity index (χ1) is 14.7. The number of aromatic amines is 1. The van der Waals surface area contributed by atoms with Crippen LogP contribution >= 0.6 is 0 Å². The molecule has 1 aromatic carbocycles. The number of carbonyl (C=O) groups is 1. The second-order valence-corrected chi connectivity index (χ2v) is 8.44. The fraction of sp³-hybridized carbons (Fsp3) is 0.435. The molecule has 2 aromatic heterocycles. The Hall–Kier alpha value is -2.93. The number of hydrogen-bond acceptors (Lipinski definition) is 4. The number of benzene rings is 1. The van der Waals surface area contributed by atoms with Gasteiger partial charge < -0.3 is 14.8 Å². The predicted octanol–water partition coefficient (Wildman–Crippen LogP) is 2.55. The van der Waals surface area contributed by atoms with Crippen LogP contribution in [0, 0.1) is 5.92 Å². The van der Waals surface area contributed by atoms with Crippen LogP contribution in [0.5, 0.6) is 0 Å². The van der Waals surface area contributed by atoms with Gasteiger partial charge in [0.25, 0.3) is 0 Å². The molecule has 0 saturated carbocycles. The predicted molar refractivity (Wildman–Crippen MR) is 115 cm³/mol. The van der Waals surface area contributed by atoms with Crippen LogP contribution in [0.25, 0.3) is 11.5 Å². The highest BCUT2D eigenvalue weighted by molar-refractivity contribution is 5.79. The second-order valence-electron chi connectivity index (χ2n) is 8.44. The lowest BCUT2D eigenvalue weighted by atomic mass is 9.94. The van der Waals surface area contributed by atoms with Crippen LogP contribution in [-0.2, 0) is 24.3 Å². The third kappa shape index (κ3) is 3.65. The molecule has 30 heavy (non-hydrogen) atoms. The molecule has 1 fully saturated rings. The second kappa shape index (κ2) is 8.07. The minimum absolute atomic E-state index is 0.147. The number of nitrogens with one attached hydrogen (secondary N) is 1. The third-order valence-corrected chi connectivity index (χ3v) is 6.41. The molecule has 2 aliphatic heterocycles. The third-order valence-electron chi connectivity index (χ3n) is 6.41. The number of imidazole rings is 1. The van der Waals surface area contributed by atoms with Gasteiger partial charge in [0.05, 0.1) is 6.54 Å². The van der Waals surface area contributed by atoms with Gasteiger partial charge >= 0.3 is 0 Å². The SMILES string of the molecule is CN1CCC(C(=O)N2CCc3c(c(-c4ncc[nH]4)nn3Cc3ccccc3)C2)CC1. The summed E-state index contributed by atoms with van der Waals surface area (Å²) in [5.41, 5.74) is 4.44. The Kier molecular flexibility index (Phi) is 5.12. The van der Waals surface area contributed by atoms with Crippen LogP contribution in [-0.4, -0.2) is 62.1 Å². The Morgan fingerprint density at radius 2 is 1.97 bits per heavy atom. The molecule has 0 unspecified atom stereocenters. The first kappa shape index (κ1) is 19.1. The van der Waals surface area contributed by atoms with E-state index in [-0.39, 0.29) is 5.92 Å². The summed E-state index contributed by atoms with van der Waals surface area (Å²) in [5, 5.41) is 4.92. The summed E-state index contributed by atoms with van der Waals surface area (Å²) in [5.74, 6) is 1.22. The number of carbonyl (C=O) groups excluding carboxylic acids is 1. The van der Waals surface area contributed by atoms with Crippen molar-refractivity contribution in [3.05, 3.63) is 59.5 Å². The average molecular weight is 405 g/mol. The number of aromatic nitrogens is 4. The topological polar surface area (TPSA) is 70.1 Å². The highest BCUT2D eigenvalue weighted by Crippen LogP contribution is 2.30. The van der Waals surface area contributed by atoms with Gasteiger partial charge in [-0.1, -0.05) is 30.3 Å². The monoisotopic (exact) mass is 404 g/mol. The fourth-order valence-corrected chi connectivity index (χ4v) is 4.66. The zero-order valence-corrected chi connectivity index (χ0v) is 17.4. The molecule has 5 rings (SSSR count). The summed E-state index contributed by atoms with van der Waals surface area (Å²) < 4.78 is 2.10. The van der Waals surface area contributed by atoms with Crippen molar-refractivity contribution >= 4 is 5.91 Å². The molecule has 156 valence electrons. The van der Waals surface area contributed by atoms with Crippen molar-refractivity contribution in [2.75, 3.05) is 26.7 Å². The maximum atomic E-state index is 13.2. The van der Waals surface area contributed by atoms with Crippen molar-refractivity contribution in [1.29, 1.82) is 0 Å². The average Bonchev–Trinajstić information content (AvgIpc) is 3.43. The van der Waals surface area contributed by atoms with E-state index in [9.17, 15) is 4.79 Å². The van der Waals surface area contributed by atoms with E-state index in [2.05, 4.69) is 50.9 Å². The summed E-state index contributed by atoms with van der Waals surface area (Å²) in [4.78, 5) is 25.2. The van der Waals surface area contributed by atoms with Gasteiger partial charge in [-0.25, -0.2) is 4.98 Å². The molecular weight excluding hydrogens is 376 g/mol. The maximum absolute atomic E-state index is 13.2. The van der Waals surface area contributed by atoms with Crippen LogP contribution in [0.3, 0.4) is 0 Å². The Balaban J connectivity index is 1.43. The number of likely N-dealkylation sites (tertiary alicyclic amines) is 1. The smallest absolute Gasteiger partial charge is 0.226 e. The number of hydrogen-bond donors (Lipinski definition) is 1. The van der Waals surface area contributed by atoms with Gasteiger partial charge in [-0.3, -0.25) is 9.48 Å². The number of rotatable bonds is 4. The Labute approximate surface area is 176 Å². The first-order valence-corrected chi connectivity index (χ1v) is 10.8. The first-order valence-electron chi connectivity index (χ1n) is 10.8. The van der Waals surface area contributed by atoms with E-state index in [0.29, 0.717) is 12.5 Å². The fourth-order valence-electron chi connectivity index (χ4n) is 4.66. The van der Waals surface area contributed by atoms with Crippen molar-refractivity contribution < 1.29 is 4.79 Å². The van der Waals surface area contributed by atoms with E-state index in [0.717, 1.165) is 62.5 Å². The highest BCUT2D eigenvalue weighted by Gasteiger charge is 2.33. The summed E-state index contributed by atoms with van der Waals surface area (Å²) in [6.45, 7) is 4.11. The van der Waals surface area contributed by atoms with Crippen LogP contribution in [0.1, 0.15) is 29.7 Å². The lowest BCUT2D eigenvalue weighted by Gasteiger charge is -2.34. The largest absolute Gasteiger partial charge is 0.343 e. The van der Waals surface area contributed by atoms with Gasteiger partial charge in [-0.05, 0) is 38.5 Å². The molecular formula is C23H28N6O. The molecule has 2 aliphatic rings. The Bertz CT molecular complexity index is 1000. The van der Waals surface area contributed by atoms with E-state index in [1.165, 1.54) is 11.3 Å². The zero-order valence-electron chi connectivity index (χ0n) is 17.4. The number of amides is 1. The van der Waals surface area contributed by atoms with Gasteiger partial charge in [0.1, 0.15) is 5.69 Å². The highest BCUT2D eigenvalue weighted by atomic mass is 16.2. The molecule has 0 aliphatic carbocycles. The van der Waals surface area contributed by atoms with Crippen LogP contribution in [0.2, 0.25) is 0 Å². The summed E-state index contributed by atoms with van der Waals surface area (Å²) in [6, 6.07) is 10.4. The number of fused-ring (bicyclic) bond motifs is 1. The molecule has 0 spiro atoms. The van der Waals surface area contributed by atoms with Gasteiger partial charge in [0.2, 0.25) is 5.91 Å². The summed E-state index contributed by atoms with van der Waals surface area (Å²) in [6.07, 6.45) is 6.31. The van der Waals surface area contributed by atoms with E-state index < -0.39 is 0 Å². The van der Waals surface area contributed by atoms with Crippen molar-refractivity contribution in [3.8, 4) is 11.5 Å². The van der Waals surface area contributed by atoms with E-state index in [1.807, 2.05) is 17.2 Å². The van der Waals surface area contributed by atoms with Crippen LogP contribution in [0.4, 0.5) is 0 Å². The molecule has 0 bridgehead atoms. The summed E-state index contributed by atoms with van der Waals surface area (Å²) in [7, 11) is 2.13. The van der Waals surface area contributed by atoms with Crippen LogP contribution < -0.4 is 0 Å². The Morgan fingerprint density at radius 1 is 1.17 bits per heavy atom. The summed E-state index contributed by atoms with van der Waals surface area (Å²) >= 11 is 0. The van der Waals surface area contributed by atoms with Crippen LogP contribution in [0.15, 0.2) is 42.7 Å². The van der Waals surface area contributed by atoms with Crippen molar-refractivity contribution in [1.82, 2.24) is 29.5 Å². The quantitative estimate of drug-likeness (QED) is 0.726. The molecule has 1 N–H and O–H groups in total. The van der Waals surface area contributed by atoms with Gasteiger partial charge in [0, 0.05) is 49.1 Å². The molecule has 7 nitrogen and oxygen atoms in total. The van der Waals surface area contributed by atoms with Gasteiger partial charge in [0.15, 0.2) is 5.82 Å². The van der Waals surface area contributed by atoms with Gasteiger partial charge in [-0.15, -0.1) is 0 Å². The normalized spacial score (nSPS) is 17.8. The zero-order chi connectivity index (χ0) is 20.5. The minimum atomic E-state index is 0.147. The van der Waals surface area contributed by atoms with E-state index in [4.69, 9.17) is 5.10 Å². The molecule has 3 aromatic rings. The minimum Gasteiger partial charge on any atom is -0.343 e. The lowest BCUT2D eigenvalue weighted by molar-refractivity contribution is -0.137. The van der Waals surface area contributed by atoms with Gasteiger partial charge in [-0.2, -0.15) is 5.10 Å².